The minimum absolute atomic E-state index is 0.0276. The van der Waals surface area contributed by atoms with Crippen molar-refractivity contribution in [3.8, 4) is 0 Å². The van der Waals surface area contributed by atoms with Gasteiger partial charge in [-0.05, 0) is 44.2 Å². The molecule has 4 fully saturated rings. The van der Waals surface area contributed by atoms with E-state index in [-0.39, 0.29) is 30.0 Å². The maximum absolute atomic E-state index is 13.6. The zero-order chi connectivity index (χ0) is 25.3. The van der Waals surface area contributed by atoms with Crippen LogP contribution in [0.2, 0.25) is 0 Å². The summed E-state index contributed by atoms with van der Waals surface area (Å²) in [5.41, 5.74) is -1.34. The van der Waals surface area contributed by atoms with Crippen molar-refractivity contribution in [2.24, 2.45) is 5.92 Å². The fraction of sp³-hybridized carbons (Fsp3) is 0.760. The summed E-state index contributed by atoms with van der Waals surface area (Å²) in [6, 6.07) is 4.44. The van der Waals surface area contributed by atoms with Crippen LogP contribution < -0.4 is 10.2 Å². The van der Waals surface area contributed by atoms with Crippen molar-refractivity contribution in [2.75, 3.05) is 58.0 Å². The molecule has 1 aliphatic carbocycles. The van der Waals surface area contributed by atoms with Gasteiger partial charge in [0.05, 0.1) is 24.2 Å². The number of piperazine rings is 1. The van der Waals surface area contributed by atoms with Gasteiger partial charge in [-0.1, -0.05) is 6.07 Å². The predicted molar refractivity (Wildman–Crippen MR) is 126 cm³/mol. The topological polar surface area (TPSA) is 76.2 Å². The summed E-state index contributed by atoms with van der Waals surface area (Å²) in [5, 5.41) is 3.74. The lowest BCUT2D eigenvalue weighted by Gasteiger charge is -2.39. The number of nitrogens with one attached hydrogen (secondary N) is 1. The van der Waals surface area contributed by atoms with Crippen LogP contribution in [0.15, 0.2) is 18.2 Å². The van der Waals surface area contributed by atoms with Gasteiger partial charge in [0.1, 0.15) is 11.5 Å². The zero-order valence-electron chi connectivity index (χ0n) is 20.6. The third kappa shape index (κ3) is 5.20. The lowest BCUT2D eigenvalue weighted by Crippen LogP contribution is -2.54. The van der Waals surface area contributed by atoms with E-state index in [4.69, 9.17) is 14.2 Å². The van der Waals surface area contributed by atoms with Gasteiger partial charge in [-0.2, -0.15) is 13.2 Å². The van der Waals surface area contributed by atoms with Crippen LogP contribution in [0.4, 0.5) is 19.0 Å². The highest BCUT2D eigenvalue weighted by atomic mass is 19.4. The molecule has 1 saturated carbocycles. The number of carbonyl (C=O) groups is 1. The van der Waals surface area contributed by atoms with Crippen molar-refractivity contribution in [1.29, 1.82) is 0 Å². The average Bonchev–Trinajstić information content (AvgIpc) is 3.49. The molecule has 200 valence electrons. The highest BCUT2D eigenvalue weighted by Gasteiger charge is 2.53. The van der Waals surface area contributed by atoms with E-state index in [9.17, 15) is 18.0 Å². The second-order valence-electron chi connectivity index (χ2n) is 10.3. The molecular weight excluding hydrogens is 477 g/mol. The molecule has 11 heteroatoms. The number of aromatic nitrogens is 1. The summed E-state index contributed by atoms with van der Waals surface area (Å²) in [6.45, 7) is 3.71. The Morgan fingerprint density at radius 3 is 2.72 bits per heavy atom. The summed E-state index contributed by atoms with van der Waals surface area (Å²) in [4.78, 5) is 21.1. The van der Waals surface area contributed by atoms with Crippen molar-refractivity contribution in [3.05, 3.63) is 23.9 Å². The first kappa shape index (κ1) is 25.7. The molecule has 0 aromatic carbocycles. The van der Waals surface area contributed by atoms with E-state index in [0.717, 1.165) is 38.4 Å². The highest BCUT2D eigenvalue weighted by Crippen LogP contribution is 2.46. The van der Waals surface area contributed by atoms with Gasteiger partial charge in [0.2, 0.25) is 5.91 Å². The Bertz CT molecular complexity index is 927. The van der Waals surface area contributed by atoms with Crippen molar-refractivity contribution in [1.82, 2.24) is 15.2 Å². The Balaban J connectivity index is 1.18. The summed E-state index contributed by atoms with van der Waals surface area (Å²) >= 11 is 0. The molecule has 1 N–H and O–H groups in total. The molecule has 1 amide bonds. The maximum atomic E-state index is 13.6. The molecule has 0 radical (unpaired) electrons. The SMILES string of the molecule is CO[C@@H]1COCC[C@@H]1N[C@H]1CC[C@@]2(C1)OCCC2C(=O)N1CCN(c2cccc(C(F)(F)F)n2)CC1. The van der Waals surface area contributed by atoms with Crippen LogP contribution in [0.25, 0.3) is 0 Å². The van der Waals surface area contributed by atoms with Crippen molar-refractivity contribution < 1.29 is 32.2 Å². The number of alkyl halides is 3. The van der Waals surface area contributed by atoms with Crippen LogP contribution in [0.3, 0.4) is 0 Å². The number of ether oxygens (including phenoxy) is 3. The molecule has 3 aliphatic heterocycles. The van der Waals surface area contributed by atoms with E-state index >= 15 is 0 Å². The summed E-state index contributed by atoms with van der Waals surface area (Å²) in [7, 11) is 1.71. The van der Waals surface area contributed by atoms with E-state index < -0.39 is 17.5 Å². The van der Waals surface area contributed by atoms with Gasteiger partial charge in [0, 0.05) is 58.6 Å². The van der Waals surface area contributed by atoms with Gasteiger partial charge in [0.25, 0.3) is 0 Å². The number of amides is 1. The summed E-state index contributed by atoms with van der Waals surface area (Å²) in [5.74, 6) is 0.214. The fourth-order valence-electron chi connectivity index (χ4n) is 6.29. The Hall–Kier alpha value is -1.95. The molecule has 3 saturated heterocycles. The molecule has 36 heavy (non-hydrogen) atoms. The van der Waals surface area contributed by atoms with E-state index in [2.05, 4.69) is 10.3 Å². The second-order valence-corrected chi connectivity index (χ2v) is 10.3. The van der Waals surface area contributed by atoms with E-state index in [1.54, 1.807) is 13.2 Å². The Labute approximate surface area is 209 Å². The van der Waals surface area contributed by atoms with Gasteiger partial charge in [-0.25, -0.2) is 4.98 Å². The van der Waals surface area contributed by atoms with Gasteiger partial charge >= 0.3 is 6.18 Å². The number of nitrogens with zero attached hydrogens (tertiary/aromatic N) is 3. The van der Waals surface area contributed by atoms with Crippen LogP contribution in [-0.4, -0.2) is 92.7 Å². The van der Waals surface area contributed by atoms with Gasteiger partial charge in [-0.3, -0.25) is 4.79 Å². The third-order valence-corrected chi connectivity index (χ3v) is 8.23. The van der Waals surface area contributed by atoms with Crippen LogP contribution in [0.1, 0.15) is 37.8 Å². The Morgan fingerprint density at radius 2 is 1.97 bits per heavy atom. The molecule has 1 aromatic heterocycles. The first-order valence-corrected chi connectivity index (χ1v) is 12.9. The fourth-order valence-corrected chi connectivity index (χ4v) is 6.29. The molecule has 8 nitrogen and oxygen atoms in total. The first-order valence-electron chi connectivity index (χ1n) is 12.9. The quantitative estimate of drug-likeness (QED) is 0.650. The smallest absolute Gasteiger partial charge is 0.379 e. The minimum atomic E-state index is -4.48. The Morgan fingerprint density at radius 1 is 1.17 bits per heavy atom. The molecule has 5 atom stereocenters. The molecule has 1 spiro atoms. The number of halogens is 3. The van der Waals surface area contributed by atoms with Gasteiger partial charge < -0.3 is 29.3 Å². The number of methoxy groups -OCH3 is 1. The molecule has 4 heterocycles. The monoisotopic (exact) mass is 512 g/mol. The number of rotatable bonds is 5. The molecule has 0 bridgehead atoms. The van der Waals surface area contributed by atoms with Crippen LogP contribution in [0.5, 0.6) is 0 Å². The van der Waals surface area contributed by atoms with Crippen molar-refractivity contribution in [2.45, 2.75) is 62.1 Å². The van der Waals surface area contributed by atoms with Crippen molar-refractivity contribution >= 4 is 11.7 Å². The summed E-state index contributed by atoms with van der Waals surface area (Å²) < 4.78 is 56.6. The van der Waals surface area contributed by atoms with Gasteiger partial charge in [0.15, 0.2) is 0 Å². The largest absolute Gasteiger partial charge is 0.433 e. The lowest BCUT2D eigenvalue weighted by molar-refractivity contribution is -0.142. The average molecular weight is 513 g/mol. The first-order chi connectivity index (χ1) is 17.3. The number of carbonyl (C=O) groups excluding carboxylic acids is 1. The number of pyridine rings is 1. The van der Waals surface area contributed by atoms with Crippen molar-refractivity contribution in [3.63, 3.8) is 0 Å². The van der Waals surface area contributed by atoms with Gasteiger partial charge in [-0.15, -0.1) is 0 Å². The lowest BCUT2D eigenvalue weighted by atomic mass is 9.84. The molecule has 4 aliphatic rings. The maximum Gasteiger partial charge on any atom is 0.433 e. The van der Waals surface area contributed by atoms with Crippen LogP contribution in [0, 0.1) is 5.92 Å². The zero-order valence-corrected chi connectivity index (χ0v) is 20.6. The Kier molecular flexibility index (Phi) is 7.44. The number of anilines is 1. The van der Waals surface area contributed by atoms with Crippen LogP contribution in [-0.2, 0) is 25.2 Å². The predicted octanol–water partition coefficient (Wildman–Crippen LogP) is 2.47. The van der Waals surface area contributed by atoms with E-state index in [1.807, 2.05) is 9.80 Å². The summed E-state index contributed by atoms with van der Waals surface area (Å²) in [6.07, 6.45) is -0.253. The molecule has 5 rings (SSSR count). The standard InChI is InChI=1S/C25H35F3N4O4/c1-34-20-16-35-13-7-19(20)29-17-5-8-24(15-17)18(6-14-36-24)23(33)32-11-9-31(10-12-32)22-4-2-3-21(30-22)25(26,27)28/h2-4,17-20,29H,5-16H2,1H3/t17-,18?,19-,20+,24-/m0/s1. The molecule has 1 aromatic rings. The van der Waals surface area contributed by atoms with E-state index in [1.165, 1.54) is 6.07 Å². The normalized spacial score (nSPS) is 33.4. The number of hydrogen-bond acceptors (Lipinski definition) is 7. The van der Waals surface area contributed by atoms with Crippen LogP contribution >= 0.6 is 0 Å². The molecular formula is C25H35F3N4O4. The number of hydrogen-bond donors (Lipinski definition) is 1. The third-order valence-electron chi connectivity index (χ3n) is 8.23. The second kappa shape index (κ2) is 10.4. The highest BCUT2D eigenvalue weighted by molar-refractivity contribution is 5.81. The van der Waals surface area contributed by atoms with E-state index in [0.29, 0.717) is 51.6 Å². The minimum Gasteiger partial charge on any atom is -0.379 e. The molecule has 1 unspecified atom stereocenters.